The van der Waals surface area contributed by atoms with E-state index in [4.69, 9.17) is 0 Å². The first kappa shape index (κ1) is 18.0. The standard InChI is InChI=1S/C24H25N5O/c30-23(21-12-25-19-8-4-5-9-20(19)26-21)27-22-17-13-28-10-11-29(14-17)16-24(22,15-28)18-6-2-1-3-7-18/h1-9,12,17,22H,10-11,13-16H2,(H,27,30). The normalized spacial score (nSPS) is 32.1. The van der Waals surface area contributed by atoms with E-state index in [1.165, 1.54) is 5.56 Å². The van der Waals surface area contributed by atoms with Crippen molar-refractivity contribution in [2.24, 2.45) is 5.92 Å². The summed E-state index contributed by atoms with van der Waals surface area (Å²) in [5, 5.41) is 3.42. The quantitative estimate of drug-likeness (QED) is 0.729. The van der Waals surface area contributed by atoms with Gasteiger partial charge in [-0.05, 0) is 17.7 Å². The number of para-hydroxylation sites is 2. The van der Waals surface area contributed by atoms with Gasteiger partial charge in [-0.25, -0.2) is 4.98 Å². The van der Waals surface area contributed by atoms with E-state index >= 15 is 0 Å². The van der Waals surface area contributed by atoms with E-state index in [1.807, 2.05) is 24.3 Å². The van der Waals surface area contributed by atoms with E-state index in [0.29, 0.717) is 11.6 Å². The minimum Gasteiger partial charge on any atom is -0.347 e. The lowest BCUT2D eigenvalue weighted by Gasteiger charge is -2.55. The lowest BCUT2D eigenvalue weighted by Crippen LogP contribution is -2.70. The van der Waals surface area contributed by atoms with Gasteiger partial charge < -0.3 is 15.1 Å². The molecule has 0 aliphatic carbocycles. The predicted octanol–water partition coefficient (Wildman–Crippen LogP) is 1.93. The van der Waals surface area contributed by atoms with Gasteiger partial charge in [-0.3, -0.25) is 9.78 Å². The van der Waals surface area contributed by atoms with E-state index in [2.05, 4.69) is 55.4 Å². The van der Waals surface area contributed by atoms with Crippen molar-refractivity contribution in [3.05, 3.63) is 72.1 Å². The number of hydrogen-bond donors (Lipinski definition) is 1. The second-order valence-electron chi connectivity index (χ2n) is 8.95. The Bertz CT molecular complexity index is 1080. The number of nitrogens with zero attached hydrogens (tertiary/aromatic N) is 4. The molecule has 4 aliphatic rings. The van der Waals surface area contributed by atoms with Crippen molar-refractivity contribution < 1.29 is 4.79 Å². The number of carbonyl (C=O) groups is 1. The Morgan fingerprint density at radius 1 is 0.933 bits per heavy atom. The summed E-state index contributed by atoms with van der Waals surface area (Å²) in [5.74, 6) is 0.289. The number of piperidine rings is 2. The Morgan fingerprint density at radius 3 is 2.33 bits per heavy atom. The zero-order valence-corrected chi connectivity index (χ0v) is 16.9. The summed E-state index contributed by atoms with van der Waals surface area (Å²) >= 11 is 0. The third kappa shape index (κ3) is 2.82. The third-order valence-electron chi connectivity index (χ3n) is 7.11. The van der Waals surface area contributed by atoms with Gasteiger partial charge in [0, 0.05) is 56.6 Å². The average Bonchev–Trinajstić information content (AvgIpc) is 3.04. The number of benzene rings is 2. The van der Waals surface area contributed by atoms with E-state index in [-0.39, 0.29) is 17.4 Å². The summed E-state index contributed by atoms with van der Waals surface area (Å²) in [6.07, 6.45) is 1.60. The summed E-state index contributed by atoms with van der Waals surface area (Å²) in [6.45, 7) is 6.28. The SMILES string of the molecule is O=C(NC1C2CN3CCN(C2)CC1(c1ccccc1)C3)c1cnc2ccccc2n1. The van der Waals surface area contributed by atoms with Crippen LogP contribution in [0.5, 0.6) is 0 Å². The van der Waals surface area contributed by atoms with Gasteiger partial charge in [0.15, 0.2) is 0 Å². The van der Waals surface area contributed by atoms with Crippen LogP contribution in [-0.2, 0) is 5.41 Å². The molecule has 6 nitrogen and oxygen atoms in total. The maximum atomic E-state index is 13.3. The molecular weight excluding hydrogens is 374 g/mol. The molecule has 4 saturated heterocycles. The summed E-state index contributed by atoms with van der Waals surface area (Å²) < 4.78 is 0. The van der Waals surface area contributed by atoms with Crippen LogP contribution in [0.3, 0.4) is 0 Å². The molecule has 0 radical (unpaired) electrons. The van der Waals surface area contributed by atoms with Crippen molar-refractivity contribution in [3.8, 4) is 0 Å². The van der Waals surface area contributed by atoms with Crippen molar-refractivity contribution in [1.29, 1.82) is 0 Å². The first-order valence-corrected chi connectivity index (χ1v) is 10.7. The van der Waals surface area contributed by atoms with Crippen LogP contribution < -0.4 is 5.32 Å². The van der Waals surface area contributed by atoms with Gasteiger partial charge in [-0.2, -0.15) is 0 Å². The molecule has 3 unspecified atom stereocenters. The molecule has 152 valence electrons. The van der Waals surface area contributed by atoms with Crippen LogP contribution in [-0.4, -0.2) is 71.0 Å². The Kier molecular flexibility index (Phi) is 4.11. The first-order chi connectivity index (χ1) is 14.7. The molecule has 4 bridgehead atoms. The number of rotatable bonds is 3. The zero-order valence-electron chi connectivity index (χ0n) is 16.9. The first-order valence-electron chi connectivity index (χ1n) is 10.7. The van der Waals surface area contributed by atoms with Gasteiger partial charge in [0.25, 0.3) is 5.91 Å². The second-order valence-corrected chi connectivity index (χ2v) is 8.95. The molecule has 6 heteroatoms. The van der Waals surface area contributed by atoms with Crippen LogP contribution in [0.15, 0.2) is 60.8 Å². The molecule has 3 aromatic rings. The van der Waals surface area contributed by atoms with Crippen molar-refractivity contribution in [3.63, 3.8) is 0 Å². The summed E-state index contributed by atoms with van der Waals surface area (Å²) in [5.41, 5.74) is 3.17. The van der Waals surface area contributed by atoms with Crippen LogP contribution in [0.25, 0.3) is 11.0 Å². The molecule has 3 atom stereocenters. The average molecular weight is 399 g/mol. The highest BCUT2D eigenvalue weighted by Gasteiger charge is 2.55. The maximum absolute atomic E-state index is 13.3. The fraction of sp³-hybridized carbons (Fsp3) is 0.375. The van der Waals surface area contributed by atoms with Gasteiger partial charge >= 0.3 is 0 Å². The number of amides is 1. The monoisotopic (exact) mass is 399 g/mol. The highest BCUT2D eigenvalue weighted by atomic mass is 16.2. The van der Waals surface area contributed by atoms with E-state index in [9.17, 15) is 4.79 Å². The minimum absolute atomic E-state index is 0.0891. The molecular formula is C24H25N5O. The van der Waals surface area contributed by atoms with Crippen LogP contribution >= 0.6 is 0 Å². The van der Waals surface area contributed by atoms with Crippen molar-refractivity contribution in [1.82, 2.24) is 25.1 Å². The van der Waals surface area contributed by atoms with E-state index < -0.39 is 0 Å². The Balaban J connectivity index is 1.37. The third-order valence-corrected chi connectivity index (χ3v) is 7.11. The predicted molar refractivity (Wildman–Crippen MR) is 115 cm³/mol. The lowest BCUT2D eigenvalue weighted by molar-refractivity contribution is 0.0179. The van der Waals surface area contributed by atoms with Gasteiger partial charge in [0.2, 0.25) is 0 Å². The molecule has 30 heavy (non-hydrogen) atoms. The molecule has 7 rings (SSSR count). The van der Waals surface area contributed by atoms with Gasteiger partial charge in [0.05, 0.1) is 17.2 Å². The molecule has 5 heterocycles. The molecule has 4 fully saturated rings. The van der Waals surface area contributed by atoms with Crippen molar-refractivity contribution >= 4 is 16.9 Å². The highest BCUT2D eigenvalue weighted by molar-refractivity contribution is 5.94. The summed E-state index contributed by atoms with van der Waals surface area (Å²) in [7, 11) is 0. The van der Waals surface area contributed by atoms with Crippen LogP contribution in [0, 0.1) is 5.92 Å². The molecule has 1 N–H and O–H groups in total. The number of carbonyl (C=O) groups excluding carboxylic acids is 1. The largest absolute Gasteiger partial charge is 0.347 e. The molecule has 1 aromatic heterocycles. The summed E-state index contributed by atoms with van der Waals surface area (Å²) in [4.78, 5) is 27.5. The zero-order chi connectivity index (χ0) is 20.1. The van der Waals surface area contributed by atoms with Crippen molar-refractivity contribution in [2.45, 2.75) is 11.5 Å². The fourth-order valence-electron chi connectivity index (χ4n) is 5.85. The number of fused-ring (bicyclic) bond motifs is 2. The molecule has 1 amide bonds. The van der Waals surface area contributed by atoms with Crippen LogP contribution in [0.2, 0.25) is 0 Å². The Labute approximate surface area is 175 Å². The fourth-order valence-corrected chi connectivity index (χ4v) is 5.85. The van der Waals surface area contributed by atoms with E-state index in [0.717, 1.165) is 50.3 Å². The topological polar surface area (TPSA) is 61.4 Å². The maximum Gasteiger partial charge on any atom is 0.271 e. The lowest BCUT2D eigenvalue weighted by atomic mass is 9.64. The Hall–Kier alpha value is -2.83. The second kappa shape index (κ2) is 6.86. The Morgan fingerprint density at radius 2 is 1.60 bits per heavy atom. The molecule has 0 saturated carbocycles. The number of nitrogens with one attached hydrogen (secondary N) is 1. The van der Waals surface area contributed by atoms with E-state index in [1.54, 1.807) is 6.20 Å². The van der Waals surface area contributed by atoms with Crippen LogP contribution in [0.1, 0.15) is 16.1 Å². The van der Waals surface area contributed by atoms with Gasteiger partial charge in [0.1, 0.15) is 5.69 Å². The van der Waals surface area contributed by atoms with Crippen LogP contribution in [0.4, 0.5) is 0 Å². The smallest absolute Gasteiger partial charge is 0.271 e. The highest BCUT2D eigenvalue weighted by Crippen LogP contribution is 2.43. The molecule has 4 aliphatic heterocycles. The van der Waals surface area contributed by atoms with Gasteiger partial charge in [-0.1, -0.05) is 42.5 Å². The molecule has 2 aromatic carbocycles. The molecule has 0 spiro atoms. The van der Waals surface area contributed by atoms with Crippen molar-refractivity contribution in [2.75, 3.05) is 39.3 Å². The van der Waals surface area contributed by atoms with Gasteiger partial charge in [-0.15, -0.1) is 0 Å². The summed E-state index contributed by atoms with van der Waals surface area (Å²) in [6, 6.07) is 18.5. The minimum atomic E-state index is -0.121. The number of aromatic nitrogens is 2. The number of hydrogen-bond acceptors (Lipinski definition) is 5.